The molecule has 1 aliphatic rings. The minimum absolute atomic E-state index is 0.0107. The number of carbonyl (C=O) groups is 1. The number of carbonyl (C=O) groups excluding carboxylic acids is 1. The highest BCUT2D eigenvalue weighted by atomic mass is 16.5. The zero-order valence-corrected chi connectivity index (χ0v) is 15.7. The van der Waals surface area contributed by atoms with E-state index >= 15 is 0 Å². The van der Waals surface area contributed by atoms with Gasteiger partial charge in [-0.3, -0.25) is 4.79 Å². The van der Waals surface area contributed by atoms with Gasteiger partial charge < -0.3 is 9.64 Å². The summed E-state index contributed by atoms with van der Waals surface area (Å²) in [5.74, 6) is -0.107. The van der Waals surface area contributed by atoms with Crippen LogP contribution in [0.4, 0.5) is 0 Å². The van der Waals surface area contributed by atoms with Crippen molar-refractivity contribution in [2.75, 3.05) is 13.1 Å². The van der Waals surface area contributed by atoms with Gasteiger partial charge in [0.05, 0.1) is 11.9 Å². The molecule has 0 aliphatic carbocycles. The van der Waals surface area contributed by atoms with E-state index in [1.165, 1.54) is 11.0 Å². The molecule has 0 bridgehead atoms. The lowest BCUT2D eigenvalue weighted by Crippen LogP contribution is -2.42. The van der Waals surface area contributed by atoms with Crippen molar-refractivity contribution in [1.82, 2.24) is 29.9 Å². The number of amides is 1. The summed E-state index contributed by atoms with van der Waals surface area (Å²) in [6.45, 7) is 3.27. The van der Waals surface area contributed by atoms with E-state index in [1.807, 2.05) is 30.3 Å². The van der Waals surface area contributed by atoms with Gasteiger partial charge in [0.2, 0.25) is 0 Å². The van der Waals surface area contributed by atoms with E-state index in [2.05, 4.69) is 27.1 Å². The van der Waals surface area contributed by atoms with E-state index in [-0.39, 0.29) is 12.0 Å². The second kappa shape index (κ2) is 8.16. The van der Waals surface area contributed by atoms with Gasteiger partial charge >= 0.3 is 6.01 Å². The fourth-order valence-electron chi connectivity index (χ4n) is 3.12. The van der Waals surface area contributed by atoms with Crippen LogP contribution in [0.5, 0.6) is 6.01 Å². The van der Waals surface area contributed by atoms with Gasteiger partial charge in [0.25, 0.3) is 5.91 Å². The molecule has 4 rings (SSSR count). The molecule has 0 N–H and O–H groups in total. The molecule has 8 nitrogen and oxygen atoms in total. The number of aryl methyl sites for hydroxylation is 1. The summed E-state index contributed by atoms with van der Waals surface area (Å²) >= 11 is 0. The van der Waals surface area contributed by atoms with Crippen LogP contribution < -0.4 is 4.74 Å². The summed E-state index contributed by atoms with van der Waals surface area (Å²) in [5.41, 5.74) is 2.25. The lowest BCUT2D eigenvalue weighted by Gasteiger charge is -2.31. The van der Waals surface area contributed by atoms with Crippen LogP contribution in [0.2, 0.25) is 0 Å². The minimum atomic E-state index is -0.107. The van der Waals surface area contributed by atoms with Crippen LogP contribution in [-0.2, 0) is 6.42 Å². The third kappa shape index (κ3) is 4.00. The number of rotatable bonds is 5. The Hall–Kier alpha value is -3.29. The number of likely N-dealkylation sites (tertiary alicyclic amines) is 1. The van der Waals surface area contributed by atoms with Crippen LogP contribution in [-0.4, -0.2) is 55.0 Å². The van der Waals surface area contributed by atoms with Gasteiger partial charge in [-0.2, -0.15) is 9.90 Å². The van der Waals surface area contributed by atoms with Crippen LogP contribution in [0.3, 0.4) is 0 Å². The van der Waals surface area contributed by atoms with Gasteiger partial charge in [-0.15, -0.1) is 5.10 Å². The molecule has 28 heavy (non-hydrogen) atoms. The number of benzene rings is 1. The number of hydrogen-bond acceptors (Lipinski definition) is 6. The molecule has 1 fully saturated rings. The first-order valence-corrected chi connectivity index (χ1v) is 9.47. The van der Waals surface area contributed by atoms with E-state index in [4.69, 9.17) is 4.74 Å². The van der Waals surface area contributed by atoms with Gasteiger partial charge in [-0.25, -0.2) is 9.97 Å². The van der Waals surface area contributed by atoms with Crippen molar-refractivity contribution in [3.05, 3.63) is 60.2 Å². The van der Waals surface area contributed by atoms with Crippen molar-refractivity contribution < 1.29 is 9.53 Å². The normalized spacial score (nSPS) is 14.8. The monoisotopic (exact) mass is 378 g/mol. The molecule has 1 aliphatic heterocycles. The predicted octanol–water partition coefficient (Wildman–Crippen LogP) is 2.30. The fourth-order valence-corrected chi connectivity index (χ4v) is 3.12. The predicted molar refractivity (Wildman–Crippen MR) is 102 cm³/mol. The van der Waals surface area contributed by atoms with Gasteiger partial charge in [-0.1, -0.05) is 25.1 Å². The Morgan fingerprint density at radius 2 is 1.82 bits per heavy atom. The lowest BCUT2D eigenvalue weighted by molar-refractivity contribution is 0.0573. The molecule has 0 atom stereocenters. The van der Waals surface area contributed by atoms with Crippen molar-refractivity contribution in [2.24, 2.45) is 0 Å². The van der Waals surface area contributed by atoms with Crippen molar-refractivity contribution >= 4 is 5.91 Å². The fraction of sp³-hybridized carbons (Fsp3) is 0.350. The standard InChI is InChI=1S/C20H22N6O2/c1-2-15-12-21-20(22-13-15)28-17-8-10-25(11-9-17)19(27)18-14-23-26(24-18)16-6-4-3-5-7-16/h3-7,12-14,17H,2,8-11H2,1H3. The Bertz CT molecular complexity index is 917. The molecule has 3 heterocycles. The Morgan fingerprint density at radius 3 is 2.50 bits per heavy atom. The molecular formula is C20H22N6O2. The number of piperidine rings is 1. The average molecular weight is 378 g/mol. The summed E-state index contributed by atoms with van der Waals surface area (Å²) < 4.78 is 5.86. The van der Waals surface area contributed by atoms with E-state index in [0.29, 0.717) is 24.8 Å². The maximum absolute atomic E-state index is 12.7. The molecule has 1 amide bonds. The smallest absolute Gasteiger partial charge is 0.316 e. The number of hydrogen-bond donors (Lipinski definition) is 0. The van der Waals surface area contributed by atoms with Crippen LogP contribution >= 0.6 is 0 Å². The van der Waals surface area contributed by atoms with E-state index in [9.17, 15) is 4.79 Å². The molecule has 0 saturated carbocycles. The number of para-hydroxylation sites is 1. The van der Waals surface area contributed by atoms with Crippen LogP contribution in [0.15, 0.2) is 48.9 Å². The zero-order chi connectivity index (χ0) is 19.3. The van der Waals surface area contributed by atoms with Crippen LogP contribution in [0, 0.1) is 0 Å². The largest absolute Gasteiger partial charge is 0.460 e. The van der Waals surface area contributed by atoms with Crippen molar-refractivity contribution in [1.29, 1.82) is 0 Å². The maximum Gasteiger partial charge on any atom is 0.316 e. The quantitative estimate of drug-likeness (QED) is 0.677. The molecule has 0 radical (unpaired) electrons. The Balaban J connectivity index is 1.33. The molecule has 1 saturated heterocycles. The Kier molecular flexibility index (Phi) is 5.27. The molecule has 8 heteroatoms. The topological polar surface area (TPSA) is 86.0 Å². The third-order valence-corrected chi connectivity index (χ3v) is 4.79. The number of aromatic nitrogens is 5. The first kappa shape index (κ1) is 18.1. The summed E-state index contributed by atoms with van der Waals surface area (Å²) in [5, 5.41) is 8.53. The SMILES string of the molecule is CCc1cnc(OC2CCN(C(=O)c3cnn(-c4ccccc4)n3)CC2)nc1. The van der Waals surface area contributed by atoms with Crippen molar-refractivity contribution in [3.8, 4) is 11.7 Å². The van der Waals surface area contributed by atoms with Gasteiger partial charge in [0.15, 0.2) is 5.69 Å². The van der Waals surface area contributed by atoms with E-state index in [1.54, 1.807) is 17.3 Å². The lowest BCUT2D eigenvalue weighted by atomic mass is 10.1. The minimum Gasteiger partial charge on any atom is -0.460 e. The number of ether oxygens (including phenoxy) is 1. The first-order valence-electron chi connectivity index (χ1n) is 9.47. The van der Waals surface area contributed by atoms with E-state index < -0.39 is 0 Å². The Morgan fingerprint density at radius 1 is 1.11 bits per heavy atom. The van der Waals surface area contributed by atoms with Crippen LogP contribution in [0.1, 0.15) is 35.8 Å². The average Bonchev–Trinajstić information content (AvgIpc) is 3.25. The van der Waals surface area contributed by atoms with Crippen molar-refractivity contribution in [3.63, 3.8) is 0 Å². The second-order valence-electron chi connectivity index (χ2n) is 6.69. The van der Waals surface area contributed by atoms with Gasteiger partial charge in [-0.05, 0) is 24.1 Å². The first-order chi connectivity index (χ1) is 13.7. The molecule has 3 aromatic rings. The summed E-state index contributed by atoms with van der Waals surface area (Å²) in [6, 6.07) is 9.93. The third-order valence-electron chi connectivity index (χ3n) is 4.79. The zero-order valence-electron chi connectivity index (χ0n) is 15.7. The second-order valence-corrected chi connectivity index (χ2v) is 6.69. The molecule has 1 aromatic carbocycles. The molecule has 144 valence electrons. The van der Waals surface area contributed by atoms with Gasteiger partial charge in [0, 0.05) is 38.3 Å². The summed E-state index contributed by atoms with van der Waals surface area (Å²) in [7, 11) is 0. The molecule has 2 aromatic heterocycles. The van der Waals surface area contributed by atoms with Crippen molar-refractivity contribution in [2.45, 2.75) is 32.3 Å². The molecule has 0 unspecified atom stereocenters. The van der Waals surface area contributed by atoms with E-state index in [0.717, 1.165) is 30.5 Å². The molecule has 0 spiro atoms. The summed E-state index contributed by atoms with van der Waals surface area (Å²) in [4.78, 5) is 24.5. The Labute approximate surface area is 163 Å². The highest BCUT2D eigenvalue weighted by molar-refractivity contribution is 5.92. The summed E-state index contributed by atoms with van der Waals surface area (Å²) in [6.07, 6.45) is 7.47. The number of nitrogens with zero attached hydrogens (tertiary/aromatic N) is 6. The van der Waals surface area contributed by atoms with Gasteiger partial charge in [0.1, 0.15) is 6.10 Å². The highest BCUT2D eigenvalue weighted by Gasteiger charge is 2.26. The molecular weight excluding hydrogens is 356 g/mol. The van der Waals surface area contributed by atoms with Crippen LogP contribution in [0.25, 0.3) is 5.69 Å². The highest BCUT2D eigenvalue weighted by Crippen LogP contribution is 2.17. The maximum atomic E-state index is 12.7.